The van der Waals surface area contributed by atoms with Crippen LogP contribution in [0.2, 0.25) is 0 Å². The van der Waals surface area contributed by atoms with Gasteiger partial charge in [0.25, 0.3) is 0 Å². The summed E-state index contributed by atoms with van der Waals surface area (Å²) in [6.07, 6.45) is -0.588. The number of Topliss-reactive ketones (excluding diaryl/α,β-unsaturated/α-hetero) is 1. The first-order valence-corrected chi connectivity index (χ1v) is 5.22. The summed E-state index contributed by atoms with van der Waals surface area (Å²) >= 11 is 3.29. The summed E-state index contributed by atoms with van der Waals surface area (Å²) in [4.78, 5) is 10.9. The van der Waals surface area contributed by atoms with Gasteiger partial charge in [-0.1, -0.05) is 28.1 Å². The van der Waals surface area contributed by atoms with Crippen molar-refractivity contribution in [2.75, 3.05) is 0 Å². The number of carbonyl (C=O) groups is 1. The fraction of sp³-hybridized carbons (Fsp3) is 0.364. The average molecular weight is 259 g/mol. The van der Waals surface area contributed by atoms with Crippen molar-refractivity contribution < 1.29 is 9.18 Å². The first-order valence-electron chi connectivity index (χ1n) is 4.42. The summed E-state index contributed by atoms with van der Waals surface area (Å²) in [5.74, 6) is 0.109. The molecule has 1 rings (SSSR count). The van der Waals surface area contributed by atoms with E-state index < -0.39 is 6.17 Å². The molecule has 1 unspecified atom stereocenters. The Balaban J connectivity index is 2.94. The van der Waals surface area contributed by atoms with Crippen molar-refractivity contribution >= 4 is 21.7 Å². The fourth-order valence-corrected chi connectivity index (χ4v) is 2.03. The van der Waals surface area contributed by atoms with Gasteiger partial charge in [-0.25, -0.2) is 4.39 Å². The Bertz CT molecular complexity index is 347. The van der Waals surface area contributed by atoms with Gasteiger partial charge in [0.1, 0.15) is 12.0 Å². The van der Waals surface area contributed by atoms with E-state index >= 15 is 0 Å². The zero-order valence-corrected chi connectivity index (χ0v) is 9.77. The second-order valence-corrected chi connectivity index (χ2v) is 4.20. The number of alkyl halides is 1. The summed E-state index contributed by atoms with van der Waals surface area (Å²) in [5, 5.41) is 0. The van der Waals surface area contributed by atoms with Crippen LogP contribution >= 0.6 is 15.9 Å². The molecule has 0 aliphatic heterocycles. The summed E-state index contributed by atoms with van der Waals surface area (Å²) < 4.78 is 13.7. The molecule has 3 heteroatoms. The summed E-state index contributed by atoms with van der Waals surface area (Å²) in [6.45, 7) is 3.03. The molecule has 14 heavy (non-hydrogen) atoms. The highest BCUT2D eigenvalue weighted by molar-refractivity contribution is 9.10. The molecule has 76 valence electrons. The fourth-order valence-electron chi connectivity index (χ4n) is 1.29. The summed E-state index contributed by atoms with van der Waals surface area (Å²) in [5.41, 5.74) is 1.53. The van der Waals surface area contributed by atoms with E-state index in [1.807, 2.05) is 0 Å². The Kier molecular flexibility index (Phi) is 3.81. The van der Waals surface area contributed by atoms with Crippen LogP contribution in [-0.2, 0) is 11.2 Å². The van der Waals surface area contributed by atoms with Crippen molar-refractivity contribution in [1.29, 1.82) is 0 Å². The second-order valence-electron chi connectivity index (χ2n) is 3.35. The third-order valence-electron chi connectivity index (χ3n) is 1.95. The van der Waals surface area contributed by atoms with Crippen molar-refractivity contribution in [3.05, 3.63) is 33.8 Å². The quantitative estimate of drug-likeness (QED) is 0.810. The molecule has 1 atom stereocenters. The maximum atomic E-state index is 13.0. The van der Waals surface area contributed by atoms with Gasteiger partial charge in [0, 0.05) is 10.9 Å². The minimum atomic E-state index is -0.990. The van der Waals surface area contributed by atoms with E-state index in [9.17, 15) is 9.18 Å². The van der Waals surface area contributed by atoms with Gasteiger partial charge in [-0.05, 0) is 31.0 Å². The maximum Gasteiger partial charge on any atom is 0.134 e. The van der Waals surface area contributed by atoms with Crippen LogP contribution in [0.1, 0.15) is 31.1 Å². The third-order valence-corrected chi connectivity index (χ3v) is 2.63. The topological polar surface area (TPSA) is 17.1 Å². The smallest absolute Gasteiger partial charge is 0.134 e. The average Bonchev–Trinajstić information content (AvgIpc) is 2.01. The first kappa shape index (κ1) is 11.4. The Morgan fingerprint density at radius 3 is 2.64 bits per heavy atom. The van der Waals surface area contributed by atoms with Gasteiger partial charge < -0.3 is 0 Å². The Hall–Kier alpha value is -0.700. The lowest BCUT2D eigenvalue weighted by molar-refractivity contribution is -0.116. The van der Waals surface area contributed by atoms with Crippen molar-refractivity contribution in [2.45, 2.75) is 26.4 Å². The maximum absolute atomic E-state index is 13.0. The molecule has 0 aliphatic carbocycles. The lowest BCUT2D eigenvalue weighted by Crippen LogP contribution is -1.97. The Labute approximate surface area is 91.5 Å². The first-order chi connectivity index (χ1) is 6.50. The standard InChI is InChI=1S/C11H12BrFO/c1-7(14)5-9-3-4-10(8(2)13)11(12)6-9/h3-4,6,8H,5H2,1-2H3. The van der Waals surface area contributed by atoms with Gasteiger partial charge in [0.05, 0.1) is 0 Å². The van der Waals surface area contributed by atoms with E-state index in [4.69, 9.17) is 0 Å². The third kappa shape index (κ3) is 2.91. The van der Waals surface area contributed by atoms with Crippen molar-refractivity contribution in [2.24, 2.45) is 0 Å². The van der Waals surface area contributed by atoms with Crippen molar-refractivity contribution in [3.8, 4) is 0 Å². The van der Waals surface area contributed by atoms with Gasteiger partial charge in [0.2, 0.25) is 0 Å². The molecular formula is C11H12BrFO. The van der Waals surface area contributed by atoms with Crippen LogP contribution < -0.4 is 0 Å². The minimum absolute atomic E-state index is 0.109. The van der Waals surface area contributed by atoms with Crippen LogP contribution in [0.5, 0.6) is 0 Å². The van der Waals surface area contributed by atoms with E-state index in [0.29, 0.717) is 12.0 Å². The molecule has 0 fully saturated rings. The number of halogens is 2. The molecule has 1 aromatic rings. The van der Waals surface area contributed by atoms with Crippen LogP contribution in [0, 0.1) is 0 Å². The molecule has 0 heterocycles. The second kappa shape index (κ2) is 4.69. The molecule has 0 bridgehead atoms. The number of rotatable bonds is 3. The molecule has 0 amide bonds. The van der Waals surface area contributed by atoms with Gasteiger partial charge in [-0.3, -0.25) is 4.79 Å². The van der Waals surface area contributed by atoms with E-state index in [0.717, 1.165) is 10.0 Å². The number of ketones is 1. The molecule has 0 N–H and O–H groups in total. The molecule has 0 spiro atoms. The van der Waals surface area contributed by atoms with Crippen LogP contribution in [-0.4, -0.2) is 5.78 Å². The molecule has 0 aromatic heterocycles. The van der Waals surface area contributed by atoms with Crippen LogP contribution in [0.15, 0.2) is 22.7 Å². The monoisotopic (exact) mass is 258 g/mol. The highest BCUT2D eigenvalue weighted by Gasteiger charge is 2.08. The molecule has 1 nitrogen and oxygen atoms in total. The van der Waals surface area contributed by atoms with Gasteiger partial charge in [0.15, 0.2) is 0 Å². The lowest BCUT2D eigenvalue weighted by Gasteiger charge is -2.07. The number of hydrogen-bond donors (Lipinski definition) is 0. The van der Waals surface area contributed by atoms with Gasteiger partial charge in [-0.15, -0.1) is 0 Å². The van der Waals surface area contributed by atoms with E-state index in [2.05, 4.69) is 15.9 Å². The lowest BCUT2D eigenvalue weighted by atomic mass is 10.1. The minimum Gasteiger partial charge on any atom is -0.300 e. The summed E-state index contributed by atoms with van der Waals surface area (Å²) in [6, 6.07) is 5.30. The Morgan fingerprint density at radius 1 is 1.57 bits per heavy atom. The zero-order valence-electron chi connectivity index (χ0n) is 8.18. The number of benzene rings is 1. The predicted octanol–water partition coefficient (Wildman–Crippen LogP) is 3.61. The van der Waals surface area contributed by atoms with E-state index in [1.165, 1.54) is 6.92 Å². The molecule has 0 saturated carbocycles. The SMILES string of the molecule is CC(=O)Cc1ccc(C(C)F)c(Br)c1. The highest BCUT2D eigenvalue weighted by Crippen LogP contribution is 2.26. The molecule has 1 aromatic carbocycles. The van der Waals surface area contributed by atoms with Crippen molar-refractivity contribution in [3.63, 3.8) is 0 Å². The number of hydrogen-bond acceptors (Lipinski definition) is 1. The molecular weight excluding hydrogens is 247 g/mol. The highest BCUT2D eigenvalue weighted by atomic mass is 79.9. The molecule has 0 saturated heterocycles. The van der Waals surface area contributed by atoms with Crippen LogP contribution in [0.4, 0.5) is 4.39 Å². The molecule has 0 radical (unpaired) electrons. The largest absolute Gasteiger partial charge is 0.300 e. The zero-order chi connectivity index (χ0) is 10.7. The van der Waals surface area contributed by atoms with Gasteiger partial charge >= 0.3 is 0 Å². The normalized spacial score (nSPS) is 12.6. The van der Waals surface area contributed by atoms with Crippen LogP contribution in [0.25, 0.3) is 0 Å². The van der Waals surface area contributed by atoms with Crippen molar-refractivity contribution in [1.82, 2.24) is 0 Å². The van der Waals surface area contributed by atoms with Gasteiger partial charge in [-0.2, -0.15) is 0 Å². The van der Waals surface area contributed by atoms with E-state index in [-0.39, 0.29) is 5.78 Å². The number of carbonyl (C=O) groups excluding carboxylic acids is 1. The van der Waals surface area contributed by atoms with Crippen LogP contribution in [0.3, 0.4) is 0 Å². The Morgan fingerprint density at radius 2 is 2.21 bits per heavy atom. The molecule has 0 aliphatic rings. The predicted molar refractivity (Wildman–Crippen MR) is 58.1 cm³/mol. The summed E-state index contributed by atoms with van der Waals surface area (Å²) in [7, 11) is 0. The van der Waals surface area contributed by atoms with E-state index in [1.54, 1.807) is 25.1 Å².